The first-order valence-electron chi connectivity index (χ1n) is 8.56. The van der Waals surface area contributed by atoms with Gasteiger partial charge in [0, 0.05) is 38.3 Å². The molecule has 0 bridgehead atoms. The number of methoxy groups -OCH3 is 1. The van der Waals surface area contributed by atoms with Crippen LogP contribution in [0.15, 0.2) is 24.3 Å². The Labute approximate surface area is 149 Å². The monoisotopic (exact) mass is 348 g/mol. The van der Waals surface area contributed by atoms with Gasteiger partial charge in [0.15, 0.2) is 0 Å². The first-order chi connectivity index (χ1) is 12.0. The number of piperazine rings is 1. The number of para-hydroxylation sites is 1. The van der Waals surface area contributed by atoms with E-state index in [9.17, 15) is 9.59 Å². The van der Waals surface area contributed by atoms with Gasteiger partial charge in [-0.25, -0.2) is 0 Å². The van der Waals surface area contributed by atoms with Crippen molar-refractivity contribution in [2.45, 2.75) is 19.0 Å². The summed E-state index contributed by atoms with van der Waals surface area (Å²) >= 11 is 0. The van der Waals surface area contributed by atoms with Crippen LogP contribution >= 0.6 is 0 Å². The normalized spacial score (nSPS) is 18.1. The van der Waals surface area contributed by atoms with Gasteiger partial charge in [-0.15, -0.1) is 0 Å². The summed E-state index contributed by atoms with van der Waals surface area (Å²) in [5.41, 5.74) is 1.01. The third-order valence-electron chi connectivity index (χ3n) is 4.27. The van der Waals surface area contributed by atoms with Gasteiger partial charge in [0.25, 0.3) is 0 Å². The van der Waals surface area contributed by atoms with Gasteiger partial charge < -0.3 is 20.3 Å². The van der Waals surface area contributed by atoms with Gasteiger partial charge in [-0.2, -0.15) is 0 Å². The maximum Gasteiger partial charge on any atom is 0.237 e. The van der Waals surface area contributed by atoms with Crippen molar-refractivity contribution in [2.24, 2.45) is 0 Å². The first kappa shape index (κ1) is 19.2. The summed E-state index contributed by atoms with van der Waals surface area (Å²) in [6, 6.07) is 7.30. The minimum atomic E-state index is -0.460. The maximum absolute atomic E-state index is 12.3. The largest absolute Gasteiger partial charge is 0.496 e. The number of nitrogens with one attached hydrogen (secondary N) is 2. The zero-order valence-electron chi connectivity index (χ0n) is 15.2. The Bertz CT molecular complexity index is 591. The summed E-state index contributed by atoms with van der Waals surface area (Å²) in [6.07, 6.45) is 0.161. The second-order valence-corrected chi connectivity index (χ2v) is 6.45. The van der Waals surface area contributed by atoms with Gasteiger partial charge in [-0.05, 0) is 20.2 Å². The maximum atomic E-state index is 12.3. The zero-order chi connectivity index (χ0) is 18.2. The molecule has 2 N–H and O–H groups in total. The highest BCUT2D eigenvalue weighted by molar-refractivity contribution is 5.88. The predicted molar refractivity (Wildman–Crippen MR) is 96.4 cm³/mol. The van der Waals surface area contributed by atoms with Crippen LogP contribution in [0.1, 0.15) is 12.0 Å². The van der Waals surface area contributed by atoms with Gasteiger partial charge in [-0.1, -0.05) is 18.2 Å². The molecule has 1 saturated heterocycles. The lowest BCUT2D eigenvalue weighted by atomic mass is 10.1. The van der Waals surface area contributed by atoms with Crippen molar-refractivity contribution in [1.29, 1.82) is 0 Å². The molecule has 0 spiro atoms. The lowest BCUT2D eigenvalue weighted by Crippen LogP contribution is -2.56. The van der Waals surface area contributed by atoms with Crippen LogP contribution in [0.3, 0.4) is 0 Å². The third kappa shape index (κ3) is 5.72. The van der Waals surface area contributed by atoms with Crippen LogP contribution in [0, 0.1) is 0 Å². The average molecular weight is 348 g/mol. The highest BCUT2D eigenvalue weighted by atomic mass is 16.5. The van der Waals surface area contributed by atoms with Crippen molar-refractivity contribution in [3.8, 4) is 5.75 Å². The smallest absolute Gasteiger partial charge is 0.237 e. The Kier molecular flexibility index (Phi) is 7.21. The van der Waals surface area contributed by atoms with Gasteiger partial charge in [-0.3, -0.25) is 14.5 Å². The molecule has 0 saturated carbocycles. The summed E-state index contributed by atoms with van der Waals surface area (Å²) in [5, 5.41) is 5.73. The van der Waals surface area contributed by atoms with Crippen LogP contribution in [0.25, 0.3) is 0 Å². The van der Waals surface area contributed by atoms with E-state index < -0.39 is 6.04 Å². The minimum absolute atomic E-state index is 0.0936. The molecule has 7 heteroatoms. The molecule has 0 radical (unpaired) electrons. The molecule has 138 valence electrons. The molecule has 25 heavy (non-hydrogen) atoms. The van der Waals surface area contributed by atoms with Crippen LogP contribution in [-0.4, -0.2) is 75.0 Å². The van der Waals surface area contributed by atoms with E-state index in [2.05, 4.69) is 10.6 Å². The number of hydrogen-bond acceptors (Lipinski definition) is 5. The summed E-state index contributed by atoms with van der Waals surface area (Å²) in [7, 11) is 5.54. The number of amides is 2. The van der Waals surface area contributed by atoms with Crippen LogP contribution in [0.5, 0.6) is 5.75 Å². The molecule has 1 aromatic rings. The number of carbonyl (C=O) groups is 2. The van der Waals surface area contributed by atoms with E-state index in [0.29, 0.717) is 26.2 Å². The van der Waals surface area contributed by atoms with Crippen molar-refractivity contribution in [3.05, 3.63) is 29.8 Å². The lowest BCUT2D eigenvalue weighted by Gasteiger charge is -2.35. The van der Waals surface area contributed by atoms with Crippen molar-refractivity contribution in [2.75, 3.05) is 47.4 Å². The summed E-state index contributed by atoms with van der Waals surface area (Å²) in [6.45, 7) is 3.22. The Balaban J connectivity index is 2.00. The fraction of sp³-hybridized carbons (Fsp3) is 0.556. The Morgan fingerprint density at radius 3 is 2.88 bits per heavy atom. The quantitative estimate of drug-likeness (QED) is 0.695. The van der Waals surface area contributed by atoms with E-state index in [0.717, 1.165) is 17.9 Å². The SMILES string of the molecule is COc1ccccc1CN1CCNC(=O)C1CC(=O)NCCN(C)C. The summed E-state index contributed by atoms with van der Waals surface area (Å²) < 4.78 is 5.39. The number of carbonyl (C=O) groups excluding carboxylic acids is 2. The van der Waals surface area contributed by atoms with Crippen molar-refractivity contribution >= 4 is 11.8 Å². The molecule has 1 aliphatic rings. The third-order valence-corrected chi connectivity index (χ3v) is 4.27. The molecule has 1 aromatic carbocycles. The van der Waals surface area contributed by atoms with E-state index >= 15 is 0 Å². The number of benzene rings is 1. The number of ether oxygens (including phenoxy) is 1. The van der Waals surface area contributed by atoms with Crippen LogP contribution in [0.4, 0.5) is 0 Å². The highest BCUT2D eigenvalue weighted by Crippen LogP contribution is 2.21. The summed E-state index contributed by atoms with van der Waals surface area (Å²) in [4.78, 5) is 28.5. The number of likely N-dealkylation sites (N-methyl/N-ethyl adjacent to an activating group) is 1. The van der Waals surface area contributed by atoms with Crippen LogP contribution in [0.2, 0.25) is 0 Å². The molecule has 1 aliphatic heterocycles. The van der Waals surface area contributed by atoms with E-state index in [1.54, 1.807) is 7.11 Å². The van der Waals surface area contributed by atoms with E-state index in [4.69, 9.17) is 4.74 Å². The number of rotatable bonds is 8. The standard InChI is InChI=1S/C18H28N4O3/c1-21(2)10-8-19-17(23)12-15-18(24)20-9-11-22(15)13-14-6-4-5-7-16(14)25-3/h4-7,15H,8-13H2,1-3H3,(H,19,23)(H,20,24). The van der Waals surface area contributed by atoms with Crippen molar-refractivity contribution in [1.82, 2.24) is 20.4 Å². The molecular weight excluding hydrogens is 320 g/mol. The molecule has 1 unspecified atom stereocenters. The fourth-order valence-corrected chi connectivity index (χ4v) is 2.89. The van der Waals surface area contributed by atoms with Crippen molar-refractivity contribution in [3.63, 3.8) is 0 Å². The molecular formula is C18H28N4O3. The highest BCUT2D eigenvalue weighted by Gasteiger charge is 2.31. The minimum Gasteiger partial charge on any atom is -0.496 e. The fourth-order valence-electron chi connectivity index (χ4n) is 2.89. The van der Waals surface area contributed by atoms with Gasteiger partial charge in [0.2, 0.25) is 11.8 Å². The summed E-state index contributed by atoms with van der Waals surface area (Å²) in [5.74, 6) is 0.598. The van der Waals surface area contributed by atoms with Gasteiger partial charge in [0.1, 0.15) is 5.75 Å². The molecule has 1 atom stereocenters. The first-order valence-corrected chi connectivity index (χ1v) is 8.56. The van der Waals surface area contributed by atoms with Crippen LogP contribution in [-0.2, 0) is 16.1 Å². The molecule has 2 amide bonds. The molecule has 0 aromatic heterocycles. The Morgan fingerprint density at radius 2 is 2.16 bits per heavy atom. The Hall–Kier alpha value is -2.12. The number of hydrogen-bond donors (Lipinski definition) is 2. The number of nitrogens with zero attached hydrogens (tertiary/aromatic N) is 2. The molecule has 1 fully saturated rings. The lowest BCUT2D eigenvalue weighted by molar-refractivity contribution is -0.134. The molecule has 7 nitrogen and oxygen atoms in total. The predicted octanol–water partition coefficient (Wildman–Crippen LogP) is 0.0635. The molecule has 2 rings (SSSR count). The topological polar surface area (TPSA) is 73.9 Å². The van der Waals surface area contributed by atoms with E-state index in [1.807, 2.05) is 48.2 Å². The van der Waals surface area contributed by atoms with E-state index in [1.165, 1.54) is 0 Å². The Morgan fingerprint density at radius 1 is 1.40 bits per heavy atom. The van der Waals surface area contributed by atoms with Gasteiger partial charge >= 0.3 is 0 Å². The van der Waals surface area contributed by atoms with Gasteiger partial charge in [0.05, 0.1) is 19.6 Å². The molecule has 0 aliphatic carbocycles. The van der Waals surface area contributed by atoms with Crippen LogP contribution < -0.4 is 15.4 Å². The second kappa shape index (κ2) is 9.39. The second-order valence-electron chi connectivity index (χ2n) is 6.45. The zero-order valence-corrected chi connectivity index (χ0v) is 15.2. The molecule has 1 heterocycles. The average Bonchev–Trinajstić information content (AvgIpc) is 2.58. The van der Waals surface area contributed by atoms with Crippen molar-refractivity contribution < 1.29 is 14.3 Å². The van der Waals surface area contributed by atoms with E-state index in [-0.39, 0.29) is 18.2 Å².